The fraction of sp³-hybridized carbons (Fsp3) is 0. The van der Waals surface area contributed by atoms with E-state index in [2.05, 4.69) is 16.1 Å². The molecule has 0 saturated carbocycles. The molecule has 118 valence electrons. The molecule has 0 aliphatic heterocycles. The number of nitrogens with zero attached hydrogens (tertiary/aromatic N) is 1. The highest BCUT2D eigenvalue weighted by molar-refractivity contribution is 7.46. The van der Waals surface area contributed by atoms with Crippen LogP contribution in [0.3, 0.4) is 0 Å². The predicted molar refractivity (Wildman–Crippen MR) is 82.2 cm³/mol. The lowest BCUT2D eigenvalue weighted by atomic mass is 10.2. The number of aromatic nitrogens is 1. The Labute approximate surface area is 130 Å². The van der Waals surface area contributed by atoms with Gasteiger partial charge in [0.25, 0.3) is 0 Å². The lowest BCUT2D eigenvalue weighted by Crippen LogP contribution is -1.93. The summed E-state index contributed by atoms with van der Waals surface area (Å²) in [6.45, 7) is 3.68. The summed E-state index contributed by atoms with van der Waals surface area (Å²) in [6, 6.07) is 8.88. The van der Waals surface area contributed by atoms with Crippen LogP contribution in [0.2, 0.25) is 0 Å². The normalized spacial score (nSPS) is 11.6. The first-order valence-corrected chi connectivity index (χ1v) is 7.97. The van der Waals surface area contributed by atoms with Crippen LogP contribution in [0.25, 0.3) is 28.6 Å². The smallest absolute Gasteiger partial charge is 0.435 e. The van der Waals surface area contributed by atoms with E-state index in [1.807, 2.05) is 6.07 Å². The van der Waals surface area contributed by atoms with Crippen molar-refractivity contribution in [1.29, 1.82) is 0 Å². The Balaban J connectivity index is 2.04. The highest BCUT2D eigenvalue weighted by Gasteiger charge is 2.20. The molecule has 8 heteroatoms. The molecular formula is C15H11FNO5P. The average molecular weight is 335 g/mol. The van der Waals surface area contributed by atoms with Gasteiger partial charge in [0.2, 0.25) is 5.89 Å². The van der Waals surface area contributed by atoms with Crippen LogP contribution < -0.4 is 4.52 Å². The minimum Gasteiger partial charge on any atom is -0.435 e. The van der Waals surface area contributed by atoms with Gasteiger partial charge in [0.15, 0.2) is 17.1 Å². The first kappa shape index (κ1) is 15.4. The molecule has 23 heavy (non-hydrogen) atoms. The van der Waals surface area contributed by atoms with E-state index in [0.29, 0.717) is 16.7 Å². The van der Waals surface area contributed by atoms with Crippen molar-refractivity contribution in [1.82, 2.24) is 4.98 Å². The molecule has 0 atom stereocenters. The molecule has 0 radical (unpaired) electrons. The second-order valence-electron chi connectivity index (χ2n) is 4.65. The van der Waals surface area contributed by atoms with Crippen LogP contribution in [0.5, 0.6) is 5.75 Å². The van der Waals surface area contributed by atoms with Crippen molar-refractivity contribution in [2.45, 2.75) is 0 Å². The topological polar surface area (TPSA) is 92.8 Å². The second kappa shape index (κ2) is 5.62. The van der Waals surface area contributed by atoms with Gasteiger partial charge in [0, 0.05) is 11.1 Å². The molecule has 1 heterocycles. The van der Waals surface area contributed by atoms with Gasteiger partial charge in [0.05, 0.1) is 0 Å². The lowest BCUT2D eigenvalue weighted by Gasteiger charge is -2.07. The maximum Gasteiger partial charge on any atom is 0.524 e. The number of para-hydroxylation sites is 1. The van der Waals surface area contributed by atoms with Crippen LogP contribution in [0.4, 0.5) is 4.39 Å². The molecule has 0 spiro atoms. The summed E-state index contributed by atoms with van der Waals surface area (Å²) in [7, 11) is -4.83. The summed E-state index contributed by atoms with van der Waals surface area (Å²) in [5.41, 5.74) is 2.18. The fourth-order valence-corrected chi connectivity index (χ4v) is 2.49. The van der Waals surface area contributed by atoms with E-state index in [4.69, 9.17) is 14.2 Å². The molecule has 0 unspecified atom stereocenters. The van der Waals surface area contributed by atoms with Gasteiger partial charge in [-0.05, 0) is 24.3 Å². The maximum absolute atomic E-state index is 13.9. The number of benzene rings is 2. The number of phosphoric acid groups is 1. The first-order chi connectivity index (χ1) is 10.9. The van der Waals surface area contributed by atoms with Crippen LogP contribution in [0.1, 0.15) is 5.56 Å². The Kier molecular flexibility index (Phi) is 3.77. The van der Waals surface area contributed by atoms with Gasteiger partial charge in [-0.15, -0.1) is 0 Å². The third kappa shape index (κ3) is 3.17. The number of oxazole rings is 1. The monoisotopic (exact) mass is 335 g/mol. The summed E-state index contributed by atoms with van der Waals surface area (Å²) < 4.78 is 34.5. The number of phosphoric ester groups is 1. The van der Waals surface area contributed by atoms with E-state index in [0.717, 1.165) is 17.7 Å². The zero-order chi connectivity index (χ0) is 16.6. The van der Waals surface area contributed by atoms with Crippen LogP contribution in [0.15, 0.2) is 47.4 Å². The molecule has 0 aliphatic carbocycles. The van der Waals surface area contributed by atoms with Crippen LogP contribution >= 0.6 is 7.82 Å². The summed E-state index contributed by atoms with van der Waals surface area (Å²) in [5.74, 6) is -1.31. The highest BCUT2D eigenvalue weighted by Crippen LogP contribution is 2.39. The Morgan fingerprint density at radius 2 is 2.09 bits per heavy atom. The molecule has 2 N–H and O–H groups in total. The Bertz CT molecular complexity index is 946. The molecule has 2 aromatic carbocycles. The summed E-state index contributed by atoms with van der Waals surface area (Å²) in [4.78, 5) is 21.7. The SMILES string of the molecule is C=Cc1cccc2nc(-c3ccc(OP(=O)(O)O)c(F)c3)oc12. The Morgan fingerprint density at radius 1 is 1.30 bits per heavy atom. The fourth-order valence-electron chi connectivity index (χ4n) is 2.09. The van der Waals surface area contributed by atoms with Gasteiger partial charge in [-0.25, -0.2) is 13.9 Å². The van der Waals surface area contributed by atoms with Gasteiger partial charge in [-0.1, -0.05) is 24.8 Å². The molecule has 6 nitrogen and oxygen atoms in total. The number of hydrogen-bond acceptors (Lipinski definition) is 4. The third-order valence-electron chi connectivity index (χ3n) is 3.06. The van der Waals surface area contributed by atoms with Crippen molar-refractivity contribution in [3.8, 4) is 17.2 Å². The molecule has 0 amide bonds. The molecular weight excluding hydrogens is 324 g/mol. The Morgan fingerprint density at radius 3 is 2.74 bits per heavy atom. The number of fused-ring (bicyclic) bond motifs is 1. The minimum absolute atomic E-state index is 0.177. The number of hydrogen-bond donors (Lipinski definition) is 2. The Hall–Kier alpha value is -2.47. The van der Waals surface area contributed by atoms with E-state index >= 15 is 0 Å². The first-order valence-electron chi connectivity index (χ1n) is 6.44. The van der Waals surface area contributed by atoms with E-state index in [-0.39, 0.29) is 5.89 Å². The minimum atomic E-state index is -4.83. The van der Waals surface area contributed by atoms with Gasteiger partial charge in [0.1, 0.15) is 5.52 Å². The van der Waals surface area contributed by atoms with Crippen molar-refractivity contribution in [3.05, 3.63) is 54.4 Å². The van der Waals surface area contributed by atoms with Gasteiger partial charge in [-0.3, -0.25) is 9.79 Å². The van der Waals surface area contributed by atoms with Crippen molar-refractivity contribution >= 4 is 25.0 Å². The van der Waals surface area contributed by atoms with E-state index in [1.165, 1.54) is 6.07 Å². The molecule has 3 aromatic rings. The van der Waals surface area contributed by atoms with Crippen molar-refractivity contribution in [2.75, 3.05) is 0 Å². The van der Waals surface area contributed by atoms with Gasteiger partial charge >= 0.3 is 7.82 Å². The predicted octanol–water partition coefficient (Wildman–Crippen LogP) is 3.75. The molecule has 0 bridgehead atoms. The number of rotatable bonds is 4. The second-order valence-corrected chi connectivity index (χ2v) is 5.81. The van der Waals surface area contributed by atoms with E-state index in [1.54, 1.807) is 18.2 Å². The molecule has 0 aliphatic rings. The lowest BCUT2D eigenvalue weighted by molar-refractivity contribution is 0.278. The number of halogens is 1. The van der Waals surface area contributed by atoms with Crippen LogP contribution in [-0.2, 0) is 4.57 Å². The van der Waals surface area contributed by atoms with E-state index in [9.17, 15) is 8.96 Å². The molecule has 1 aromatic heterocycles. The van der Waals surface area contributed by atoms with Crippen molar-refractivity contribution in [3.63, 3.8) is 0 Å². The third-order valence-corrected chi connectivity index (χ3v) is 3.50. The molecule has 0 fully saturated rings. The quantitative estimate of drug-likeness (QED) is 0.706. The standard InChI is InChI=1S/C15H11FNO5P/c1-2-9-4-3-5-12-14(9)21-15(17-12)10-6-7-13(11(16)8-10)22-23(18,19)20/h2-8H,1H2,(H2,18,19,20). The largest absolute Gasteiger partial charge is 0.524 e. The van der Waals surface area contributed by atoms with Gasteiger partial charge < -0.3 is 8.94 Å². The van der Waals surface area contributed by atoms with Gasteiger partial charge in [-0.2, -0.15) is 0 Å². The summed E-state index contributed by atoms with van der Waals surface area (Å²) in [5, 5.41) is 0. The average Bonchev–Trinajstić information content (AvgIpc) is 2.92. The zero-order valence-electron chi connectivity index (χ0n) is 11.6. The highest BCUT2D eigenvalue weighted by atomic mass is 31.2. The van der Waals surface area contributed by atoms with Crippen molar-refractivity contribution in [2.24, 2.45) is 0 Å². The maximum atomic E-state index is 13.9. The molecule has 3 rings (SSSR count). The molecule has 0 saturated heterocycles. The summed E-state index contributed by atoms with van der Waals surface area (Å²) >= 11 is 0. The van der Waals surface area contributed by atoms with Crippen molar-refractivity contribution < 1.29 is 27.7 Å². The summed E-state index contributed by atoms with van der Waals surface area (Å²) in [6.07, 6.45) is 1.62. The van der Waals surface area contributed by atoms with Crippen LogP contribution in [-0.4, -0.2) is 14.8 Å². The zero-order valence-corrected chi connectivity index (χ0v) is 12.5. The van der Waals surface area contributed by atoms with Crippen LogP contribution in [0, 0.1) is 5.82 Å². The van der Waals surface area contributed by atoms with E-state index < -0.39 is 19.4 Å².